The van der Waals surface area contributed by atoms with Gasteiger partial charge in [-0.05, 0) is 38.8 Å². The minimum Gasteiger partial charge on any atom is -0.464 e. The van der Waals surface area contributed by atoms with Gasteiger partial charge in [0.15, 0.2) is 5.79 Å². The van der Waals surface area contributed by atoms with Gasteiger partial charge in [0.25, 0.3) is 0 Å². The van der Waals surface area contributed by atoms with Crippen molar-refractivity contribution in [2.45, 2.75) is 45.9 Å². The first-order valence-electron chi connectivity index (χ1n) is 7.76. The molecule has 0 bridgehead atoms. The molecule has 2 atom stereocenters. The van der Waals surface area contributed by atoms with E-state index in [4.69, 9.17) is 13.9 Å². The maximum absolute atomic E-state index is 11.9. The summed E-state index contributed by atoms with van der Waals surface area (Å²) in [4.78, 5) is 11.9. The maximum atomic E-state index is 11.9. The van der Waals surface area contributed by atoms with Crippen molar-refractivity contribution < 1.29 is 18.7 Å². The van der Waals surface area contributed by atoms with Crippen LogP contribution in [0.4, 0.5) is 4.79 Å². The molecule has 124 valence electrons. The lowest BCUT2D eigenvalue weighted by Gasteiger charge is -2.26. The molecule has 1 fully saturated rings. The minimum atomic E-state index is -0.517. The van der Waals surface area contributed by atoms with E-state index in [9.17, 15) is 4.79 Å². The highest BCUT2D eigenvalue weighted by Gasteiger charge is 2.32. The highest BCUT2D eigenvalue weighted by atomic mass is 16.7. The van der Waals surface area contributed by atoms with Crippen LogP contribution >= 0.6 is 0 Å². The van der Waals surface area contributed by atoms with Gasteiger partial charge in [0.1, 0.15) is 11.5 Å². The lowest BCUT2D eigenvalue weighted by molar-refractivity contribution is -0.153. The average molecular weight is 310 g/mol. The average Bonchev–Trinajstić information content (AvgIpc) is 3.05. The molecule has 0 unspecified atom stereocenters. The zero-order valence-electron chi connectivity index (χ0n) is 13.8. The Morgan fingerprint density at radius 2 is 2.00 bits per heavy atom. The molecule has 0 saturated carbocycles. The largest absolute Gasteiger partial charge is 0.464 e. The van der Waals surface area contributed by atoms with Crippen LogP contribution in [-0.4, -0.2) is 31.6 Å². The molecule has 1 aromatic rings. The summed E-state index contributed by atoms with van der Waals surface area (Å²) in [6.07, 6.45) is 0.750. The number of ether oxygens (including phenoxy) is 2. The summed E-state index contributed by atoms with van der Waals surface area (Å²) >= 11 is 0. The van der Waals surface area contributed by atoms with E-state index in [1.54, 1.807) is 0 Å². The van der Waals surface area contributed by atoms with Crippen LogP contribution in [0, 0.1) is 12.8 Å². The molecule has 2 amide bonds. The fourth-order valence-corrected chi connectivity index (χ4v) is 2.65. The number of rotatable bonds is 6. The molecule has 0 radical (unpaired) electrons. The van der Waals surface area contributed by atoms with Gasteiger partial charge in [0.2, 0.25) is 0 Å². The molecule has 0 aliphatic carbocycles. The van der Waals surface area contributed by atoms with Crippen molar-refractivity contribution in [3.05, 3.63) is 23.7 Å². The first kappa shape index (κ1) is 16.8. The fraction of sp³-hybridized carbons (Fsp3) is 0.688. The van der Waals surface area contributed by atoms with Gasteiger partial charge in [-0.3, -0.25) is 0 Å². The van der Waals surface area contributed by atoms with Gasteiger partial charge >= 0.3 is 6.03 Å². The molecule has 0 aromatic carbocycles. The van der Waals surface area contributed by atoms with Gasteiger partial charge in [0, 0.05) is 13.0 Å². The van der Waals surface area contributed by atoms with Crippen LogP contribution in [-0.2, 0) is 9.47 Å². The summed E-state index contributed by atoms with van der Waals surface area (Å²) in [7, 11) is 0. The molecule has 22 heavy (non-hydrogen) atoms. The quantitative estimate of drug-likeness (QED) is 0.847. The Morgan fingerprint density at radius 1 is 1.32 bits per heavy atom. The summed E-state index contributed by atoms with van der Waals surface area (Å²) < 4.78 is 16.7. The lowest BCUT2D eigenvalue weighted by atomic mass is 10.0. The molecular weight excluding hydrogens is 284 g/mol. The number of hydrogen-bond donors (Lipinski definition) is 2. The number of hydrogen-bond acceptors (Lipinski definition) is 4. The third-order valence-electron chi connectivity index (χ3n) is 3.76. The highest BCUT2D eigenvalue weighted by Crippen LogP contribution is 2.26. The van der Waals surface area contributed by atoms with Crippen molar-refractivity contribution in [1.29, 1.82) is 0 Å². The SMILES string of the molecule is Cc1ccc([C@H](C)NC(=O)NC[C@H](C)CC2(C)OCCO2)o1. The summed E-state index contributed by atoms with van der Waals surface area (Å²) in [5.41, 5.74) is 0. The molecule has 1 aliphatic rings. The molecule has 6 nitrogen and oxygen atoms in total. The summed E-state index contributed by atoms with van der Waals surface area (Å²) in [6.45, 7) is 9.62. The second kappa shape index (κ2) is 7.15. The fourth-order valence-electron chi connectivity index (χ4n) is 2.65. The highest BCUT2D eigenvalue weighted by molar-refractivity contribution is 5.74. The van der Waals surface area contributed by atoms with Crippen LogP contribution in [0.1, 0.15) is 44.8 Å². The van der Waals surface area contributed by atoms with E-state index in [0.29, 0.717) is 19.8 Å². The van der Waals surface area contributed by atoms with Crippen LogP contribution in [0.15, 0.2) is 16.5 Å². The predicted molar refractivity (Wildman–Crippen MR) is 82.5 cm³/mol. The molecule has 6 heteroatoms. The van der Waals surface area contributed by atoms with Gasteiger partial charge in [-0.2, -0.15) is 0 Å². The van der Waals surface area contributed by atoms with Crippen LogP contribution in [0.25, 0.3) is 0 Å². The van der Waals surface area contributed by atoms with Crippen LogP contribution < -0.4 is 10.6 Å². The predicted octanol–water partition coefficient (Wildman–Crippen LogP) is 2.74. The van der Waals surface area contributed by atoms with E-state index in [1.165, 1.54) is 0 Å². The topological polar surface area (TPSA) is 72.7 Å². The van der Waals surface area contributed by atoms with Gasteiger partial charge in [-0.25, -0.2) is 4.79 Å². The van der Waals surface area contributed by atoms with E-state index in [-0.39, 0.29) is 18.0 Å². The molecule has 2 heterocycles. The molecular formula is C16H26N2O4. The zero-order chi connectivity index (χ0) is 16.2. The second-order valence-corrected chi connectivity index (χ2v) is 6.16. The number of furan rings is 1. The first-order valence-corrected chi connectivity index (χ1v) is 7.76. The molecule has 1 aliphatic heterocycles. The zero-order valence-corrected chi connectivity index (χ0v) is 13.8. The number of carbonyl (C=O) groups is 1. The Kier molecular flexibility index (Phi) is 5.47. The Hall–Kier alpha value is -1.53. The van der Waals surface area contributed by atoms with Crippen LogP contribution in [0.3, 0.4) is 0 Å². The smallest absolute Gasteiger partial charge is 0.315 e. The molecule has 1 saturated heterocycles. The summed E-state index contributed by atoms with van der Waals surface area (Å²) in [5, 5.41) is 5.74. The Morgan fingerprint density at radius 3 is 2.59 bits per heavy atom. The lowest BCUT2D eigenvalue weighted by Crippen LogP contribution is -2.40. The van der Waals surface area contributed by atoms with E-state index < -0.39 is 5.79 Å². The molecule has 0 spiro atoms. The monoisotopic (exact) mass is 310 g/mol. The third-order valence-corrected chi connectivity index (χ3v) is 3.76. The van der Waals surface area contributed by atoms with Crippen molar-refractivity contribution in [3.8, 4) is 0 Å². The minimum absolute atomic E-state index is 0.164. The van der Waals surface area contributed by atoms with Crippen LogP contribution in [0.5, 0.6) is 0 Å². The third kappa shape index (κ3) is 4.74. The number of carbonyl (C=O) groups excluding carboxylic acids is 1. The van der Waals surface area contributed by atoms with Crippen molar-refractivity contribution in [1.82, 2.24) is 10.6 Å². The maximum Gasteiger partial charge on any atom is 0.315 e. The summed E-state index contributed by atoms with van der Waals surface area (Å²) in [5.74, 6) is 1.33. The van der Waals surface area contributed by atoms with E-state index >= 15 is 0 Å². The Bertz CT molecular complexity index is 494. The number of amides is 2. The number of urea groups is 1. The molecule has 1 aromatic heterocycles. The number of aryl methyl sites for hydroxylation is 1. The summed E-state index contributed by atoms with van der Waals surface area (Å²) in [6, 6.07) is 3.39. The van der Waals surface area contributed by atoms with Crippen molar-refractivity contribution in [2.24, 2.45) is 5.92 Å². The van der Waals surface area contributed by atoms with E-state index in [0.717, 1.165) is 17.9 Å². The standard InChI is InChI=1S/C16H26N2O4/c1-11(9-16(4)20-7-8-21-16)10-17-15(19)18-13(3)14-6-5-12(2)22-14/h5-6,11,13H,7-10H2,1-4H3,(H2,17,18,19)/t11-,13+/m1/s1. The van der Waals surface area contributed by atoms with Gasteiger partial charge < -0.3 is 24.5 Å². The first-order chi connectivity index (χ1) is 10.4. The van der Waals surface area contributed by atoms with Crippen molar-refractivity contribution in [3.63, 3.8) is 0 Å². The number of nitrogens with one attached hydrogen (secondary N) is 2. The molecule has 2 rings (SSSR count). The van der Waals surface area contributed by atoms with E-state index in [1.807, 2.05) is 32.9 Å². The molecule has 2 N–H and O–H groups in total. The van der Waals surface area contributed by atoms with Gasteiger partial charge in [-0.1, -0.05) is 6.92 Å². The van der Waals surface area contributed by atoms with Gasteiger partial charge in [0.05, 0.1) is 19.3 Å². The Balaban J connectivity index is 1.70. The van der Waals surface area contributed by atoms with Crippen molar-refractivity contribution in [2.75, 3.05) is 19.8 Å². The normalized spacial score (nSPS) is 19.6. The van der Waals surface area contributed by atoms with Crippen LogP contribution in [0.2, 0.25) is 0 Å². The van der Waals surface area contributed by atoms with E-state index in [2.05, 4.69) is 17.6 Å². The van der Waals surface area contributed by atoms with Gasteiger partial charge in [-0.15, -0.1) is 0 Å². The second-order valence-electron chi connectivity index (χ2n) is 6.16. The Labute approximate surface area is 131 Å². The van der Waals surface area contributed by atoms with Crippen molar-refractivity contribution >= 4 is 6.03 Å².